The molecule has 5 heteroatoms. The van der Waals surface area contributed by atoms with Gasteiger partial charge in [-0.1, -0.05) is 72.3 Å². The Balaban J connectivity index is 2.13. The van der Waals surface area contributed by atoms with Crippen molar-refractivity contribution < 1.29 is 4.79 Å². The van der Waals surface area contributed by atoms with Gasteiger partial charge in [0.15, 0.2) is 0 Å². The Morgan fingerprint density at radius 2 is 1.56 bits per heavy atom. The SMILES string of the molecule is C=C/C=C\C(=C/C)NC(=O)CNC(c1ccc(Cl)cc1)c1ccc(Cl)cc1. The number of halogens is 2. The third kappa shape index (κ3) is 6.72. The molecule has 3 nitrogen and oxygen atoms in total. The first-order valence-electron chi connectivity index (χ1n) is 8.53. The third-order valence-electron chi connectivity index (χ3n) is 3.88. The van der Waals surface area contributed by atoms with Crippen molar-refractivity contribution in [3.05, 3.63) is 106 Å². The molecule has 0 saturated carbocycles. The van der Waals surface area contributed by atoms with Gasteiger partial charge in [0, 0.05) is 15.7 Å². The van der Waals surface area contributed by atoms with Crippen molar-refractivity contribution in [3.63, 3.8) is 0 Å². The maximum atomic E-state index is 12.3. The maximum absolute atomic E-state index is 12.3. The van der Waals surface area contributed by atoms with Crippen molar-refractivity contribution >= 4 is 29.1 Å². The fourth-order valence-electron chi connectivity index (χ4n) is 2.52. The summed E-state index contributed by atoms with van der Waals surface area (Å²) in [6.45, 7) is 5.64. The molecule has 0 fully saturated rings. The van der Waals surface area contributed by atoms with Crippen LogP contribution in [0.1, 0.15) is 24.1 Å². The molecule has 2 aromatic carbocycles. The zero-order valence-electron chi connectivity index (χ0n) is 15.1. The Bertz CT molecular complexity index is 779. The summed E-state index contributed by atoms with van der Waals surface area (Å²) in [5.74, 6) is -0.135. The lowest BCUT2D eigenvalue weighted by molar-refractivity contribution is -0.119. The number of carbonyl (C=O) groups is 1. The smallest absolute Gasteiger partial charge is 0.238 e. The molecule has 0 radical (unpaired) electrons. The molecule has 0 aliphatic rings. The molecule has 0 aliphatic heterocycles. The predicted molar refractivity (Wildman–Crippen MR) is 114 cm³/mol. The fraction of sp³-hybridized carbons (Fsp3) is 0.136. The topological polar surface area (TPSA) is 41.1 Å². The molecule has 2 aromatic rings. The van der Waals surface area contributed by atoms with Gasteiger partial charge in [-0.3, -0.25) is 10.1 Å². The second-order valence-corrected chi connectivity index (χ2v) is 6.68. The predicted octanol–water partition coefficient (Wildman–Crippen LogP) is 5.43. The van der Waals surface area contributed by atoms with E-state index in [0.29, 0.717) is 10.0 Å². The first-order chi connectivity index (χ1) is 13.0. The van der Waals surface area contributed by atoms with Crippen LogP contribution in [0, 0.1) is 0 Å². The van der Waals surface area contributed by atoms with Gasteiger partial charge in [0.25, 0.3) is 0 Å². The molecule has 0 saturated heterocycles. The number of nitrogens with one attached hydrogen (secondary N) is 2. The van der Waals surface area contributed by atoms with Crippen LogP contribution in [-0.4, -0.2) is 12.5 Å². The number of rotatable bonds is 8. The lowest BCUT2D eigenvalue weighted by Gasteiger charge is -2.20. The molecule has 27 heavy (non-hydrogen) atoms. The van der Waals surface area contributed by atoms with E-state index >= 15 is 0 Å². The Hall–Kier alpha value is -2.33. The molecule has 1 amide bonds. The van der Waals surface area contributed by atoms with Crippen LogP contribution >= 0.6 is 23.2 Å². The molecule has 2 N–H and O–H groups in total. The number of carbonyl (C=O) groups excluding carboxylic acids is 1. The van der Waals surface area contributed by atoms with Crippen LogP contribution in [0.3, 0.4) is 0 Å². The van der Waals surface area contributed by atoms with Gasteiger partial charge in [0.1, 0.15) is 0 Å². The van der Waals surface area contributed by atoms with Crippen LogP contribution in [0.25, 0.3) is 0 Å². The molecule has 0 atom stereocenters. The van der Waals surface area contributed by atoms with E-state index in [1.807, 2.05) is 61.5 Å². The first-order valence-corrected chi connectivity index (χ1v) is 9.28. The molecule has 0 unspecified atom stereocenters. The summed E-state index contributed by atoms with van der Waals surface area (Å²) in [4.78, 5) is 12.3. The summed E-state index contributed by atoms with van der Waals surface area (Å²) in [5.41, 5.74) is 2.73. The number of allylic oxidation sites excluding steroid dienone is 4. The average molecular weight is 401 g/mol. The minimum absolute atomic E-state index is 0.135. The highest BCUT2D eigenvalue weighted by atomic mass is 35.5. The van der Waals surface area contributed by atoms with Crippen molar-refractivity contribution in [2.75, 3.05) is 6.54 Å². The average Bonchev–Trinajstić information content (AvgIpc) is 2.67. The molecule has 0 bridgehead atoms. The number of benzene rings is 2. The summed E-state index contributed by atoms with van der Waals surface area (Å²) in [7, 11) is 0. The molecule has 0 heterocycles. The van der Waals surface area contributed by atoms with E-state index in [0.717, 1.165) is 16.8 Å². The lowest BCUT2D eigenvalue weighted by Crippen LogP contribution is -2.35. The zero-order valence-corrected chi connectivity index (χ0v) is 16.6. The Labute approximate surface area is 170 Å². The standard InChI is InChI=1S/C22H22Cl2N2O/c1-3-5-6-20(4-2)26-21(27)15-25-22(16-7-11-18(23)12-8-16)17-9-13-19(24)14-10-17/h3-14,22,25H,1,15H2,2H3,(H,26,27)/b6-5-,20-4+. The van der Waals surface area contributed by atoms with Gasteiger partial charge >= 0.3 is 0 Å². The van der Waals surface area contributed by atoms with Gasteiger partial charge < -0.3 is 5.32 Å². The van der Waals surface area contributed by atoms with E-state index in [2.05, 4.69) is 17.2 Å². The van der Waals surface area contributed by atoms with Crippen LogP contribution in [0.4, 0.5) is 0 Å². The molecule has 0 spiro atoms. The van der Waals surface area contributed by atoms with E-state index in [4.69, 9.17) is 23.2 Å². The molecule has 0 aliphatic carbocycles. The van der Waals surface area contributed by atoms with Crippen LogP contribution in [0.5, 0.6) is 0 Å². The zero-order chi connectivity index (χ0) is 19.6. The second-order valence-electron chi connectivity index (χ2n) is 5.80. The summed E-state index contributed by atoms with van der Waals surface area (Å²) in [6.07, 6.45) is 7.05. The molecule has 2 rings (SSSR count). The quantitative estimate of drug-likeness (QED) is 0.579. The molecule has 0 aromatic heterocycles. The summed E-state index contributed by atoms with van der Waals surface area (Å²) in [5, 5.41) is 7.50. The van der Waals surface area contributed by atoms with Crippen molar-refractivity contribution in [3.8, 4) is 0 Å². The minimum atomic E-state index is -0.164. The number of hydrogen-bond acceptors (Lipinski definition) is 2. The van der Waals surface area contributed by atoms with Crippen molar-refractivity contribution in [2.24, 2.45) is 0 Å². The van der Waals surface area contributed by atoms with Gasteiger partial charge in [-0.2, -0.15) is 0 Å². The minimum Gasteiger partial charge on any atom is -0.325 e. The lowest BCUT2D eigenvalue weighted by atomic mass is 9.99. The van der Waals surface area contributed by atoms with Gasteiger partial charge in [-0.05, 0) is 48.4 Å². The third-order valence-corrected chi connectivity index (χ3v) is 4.38. The molecular weight excluding hydrogens is 379 g/mol. The Morgan fingerprint density at radius 3 is 2.00 bits per heavy atom. The Kier molecular flexibility index (Phi) is 8.34. The van der Waals surface area contributed by atoms with E-state index in [9.17, 15) is 4.79 Å². The number of amides is 1. The van der Waals surface area contributed by atoms with Crippen LogP contribution < -0.4 is 10.6 Å². The Morgan fingerprint density at radius 1 is 1.04 bits per heavy atom. The van der Waals surface area contributed by atoms with Crippen LogP contribution in [0.2, 0.25) is 10.0 Å². The van der Waals surface area contributed by atoms with Crippen molar-refractivity contribution in [1.29, 1.82) is 0 Å². The van der Waals surface area contributed by atoms with Gasteiger partial charge in [0.05, 0.1) is 12.6 Å². The summed E-state index contributed by atoms with van der Waals surface area (Å²) in [6, 6.07) is 14.9. The van der Waals surface area contributed by atoms with E-state index in [1.54, 1.807) is 18.2 Å². The van der Waals surface area contributed by atoms with Crippen LogP contribution in [-0.2, 0) is 4.79 Å². The van der Waals surface area contributed by atoms with E-state index < -0.39 is 0 Å². The van der Waals surface area contributed by atoms with Crippen LogP contribution in [0.15, 0.2) is 85.1 Å². The van der Waals surface area contributed by atoms with Crippen molar-refractivity contribution in [1.82, 2.24) is 10.6 Å². The van der Waals surface area contributed by atoms with E-state index in [-0.39, 0.29) is 18.5 Å². The van der Waals surface area contributed by atoms with Gasteiger partial charge in [0.2, 0.25) is 5.91 Å². The van der Waals surface area contributed by atoms with Gasteiger partial charge in [-0.25, -0.2) is 0 Å². The highest BCUT2D eigenvalue weighted by Crippen LogP contribution is 2.24. The maximum Gasteiger partial charge on any atom is 0.238 e. The second kappa shape index (κ2) is 10.7. The number of hydrogen-bond donors (Lipinski definition) is 2. The van der Waals surface area contributed by atoms with E-state index in [1.165, 1.54) is 0 Å². The van der Waals surface area contributed by atoms with Crippen molar-refractivity contribution in [2.45, 2.75) is 13.0 Å². The molecular formula is C22H22Cl2N2O. The summed E-state index contributed by atoms with van der Waals surface area (Å²) < 4.78 is 0. The highest BCUT2D eigenvalue weighted by molar-refractivity contribution is 6.30. The molecule has 140 valence electrons. The van der Waals surface area contributed by atoms with Gasteiger partial charge in [-0.15, -0.1) is 0 Å². The highest BCUT2D eigenvalue weighted by Gasteiger charge is 2.15. The first kappa shape index (κ1) is 21.0. The summed E-state index contributed by atoms with van der Waals surface area (Å²) >= 11 is 12.0. The largest absolute Gasteiger partial charge is 0.325 e. The fourth-order valence-corrected chi connectivity index (χ4v) is 2.77. The normalized spacial score (nSPS) is 11.8. The monoisotopic (exact) mass is 400 g/mol.